The summed E-state index contributed by atoms with van der Waals surface area (Å²) in [7, 11) is 3.12. The Balaban J connectivity index is 2.41. The molecule has 0 amide bonds. The molecular weight excluding hydrogens is 260 g/mol. The maximum atomic E-state index is 11.2. The van der Waals surface area contributed by atoms with E-state index in [1.54, 1.807) is 40.2 Å². The van der Waals surface area contributed by atoms with E-state index in [0.29, 0.717) is 23.7 Å². The fourth-order valence-electron chi connectivity index (χ4n) is 1.97. The smallest absolute Gasteiger partial charge is 0.309 e. The lowest BCUT2D eigenvalue weighted by molar-refractivity contribution is -0.146. The molecule has 2 N–H and O–H groups in total. The van der Waals surface area contributed by atoms with Crippen LogP contribution < -0.4 is 9.47 Å². The Hall–Kier alpha value is -2.24. The van der Waals surface area contributed by atoms with Gasteiger partial charge in [0.2, 0.25) is 0 Å². The Morgan fingerprint density at radius 2 is 1.90 bits per heavy atom. The summed E-state index contributed by atoms with van der Waals surface area (Å²) >= 11 is 0. The first-order valence-electron chi connectivity index (χ1n) is 6.21. The normalized spacial score (nSPS) is 11.6. The first kappa shape index (κ1) is 14.2. The minimum atomic E-state index is -0.873. The highest BCUT2D eigenvalue weighted by Crippen LogP contribution is 2.32. The van der Waals surface area contributed by atoms with Gasteiger partial charge in [-0.15, -0.1) is 0 Å². The Morgan fingerprint density at radius 3 is 2.45 bits per heavy atom. The predicted molar refractivity (Wildman–Crippen MR) is 74.3 cm³/mol. The van der Waals surface area contributed by atoms with Gasteiger partial charge in [0.1, 0.15) is 5.82 Å². The lowest BCUT2D eigenvalue weighted by Crippen LogP contribution is -2.26. The summed E-state index contributed by atoms with van der Waals surface area (Å²) in [5.41, 5.74) is 0.639. The molecule has 0 unspecified atom stereocenters. The van der Waals surface area contributed by atoms with Gasteiger partial charge in [0.25, 0.3) is 0 Å². The number of nitrogens with one attached hydrogen (secondary N) is 1. The maximum absolute atomic E-state index is 11.2. The number of hydrogen-bond donors (Lipinski definition) is 2. The van der Waals surface area contributed by atoms with Gasteiger partial charge in [0.05, 0.1) is 30.7 Å². The Morgan fingerprint density at radius 1 is 1.30 bits per heavy atom. The number of imidazole rings is 1. The van der Waals surface area contributed by atoms with Gasteiger partial charge in [0.15, 0.2) is 11.5 Å². The monoisotopic (exact) mass is 278 g/mol. The number of ether oxygens (including phenoxy) is 2. The molecule has 108 valence electrons. The van der Waals surface area contributed by atoms with Gasteiger partial charge in [-0.25, -0.2) is 4.98 Å². The van der Waals surface area contributed by atoms with Crippen LogP contribution in [0.2, 0.25) is 0 Å². The summed E-state index contributed by atoms with van der Waals surface area (Å²) in [5, 5.41) is 9.16. The van der Waals surface area contributed by atoms with Crippen LogP contribution in [0, 0.1) is 5.41 Å². The molecular formula is C14H18N2O4. The van der Waals surface area contributed by atoms with Crippen molar-refractivity contribution >= 4 is 17.0 Å². The number of rotatable bonds is 5. The van der Waals surface area contributed by atoms with Crippen LogP contribution in [0.5, 0.6) is 11.5 Å². The molecule has 0 radical (unpaired) electrons. The van der Waals surface area contributed by atoms with Gasteiger partial charge in [0, 0.05) is 18.6 Å². The Bertz CT molecular complexity index is 605. The minimum Gasteiger partial charge on any atom is -0.493 e. The number of H-pyrrole nitrogens is 1. The third-order valence-electron chi connectivity index (χ3n) is 3.22. The average molecular weight is 278 g/mol. The summed E-state index contributed by atoms with van der Waals surface area (Å²) in [6.45, 7) is 3.34. The molecule has 2 aromatic rings. The van der Waals surface area contributed by atoms with Gasteiger partial charge < -0.3 is 19.6 Å². The molecule has 0 spiro atoms. The van der Waals surface area contributed by atoms with Crippen LogP contribution >= 0.6 is 0 Å². The molecule has 0 atom stereocenters. The highest BCUT2D eigenvalue weighted by atomic mass is 16.5. The fraction of sp³-hybridized carbons (Fsp3) is 0.429. The van der Waals surface area contributed by atoms with Crippen molar-refractivity contribution in [2.75, 3.05) is 14.2 Å². The number of aromatic amines is 1. The van der Waals surface area contributed by atoms with E-state index in [1.807, 2.05) is 0 Å². The number of aliphatic carboxylic acids is 1. The van der Waals surface area contributed by atoms with Gasteiger partial charge in [-0.05, 0) is 13.8 Å². The number of hydrogen-bond acceptors (Lipinski definition) is 4. The predicted octanol–water partition coefficient (Wildman–Crippen LogP) is 2.23. The fourth-order valence-corrected chi connectivity index (χ4v) is 1.97. The van der Waals surface area contributed by atoms with E-state index in [2.05, 4.69) is 9.97 Å². The molecule has 0 saturated carbocycles. The summed E-state index contributed by atoms with van der Waals surface area (Å²) in [6, 6.07) is 3.56. The van der Waals surface area contributed by atoms with Crippen molar-refractivity contribution in [3.05, 3.63) is 18.0 Å². The largest absolute Gasteiger partial charge is 0.493 e. The van der Waals surface area contributed by atoms with Crippen LogP contribution in [0.1, 0.15) is 19.7 Å². The van der Waals surface area contributed by atoms with Crippen molar-refractivity contribution < 1.29 is 19.4 Å². The summed E-state index contributed by atoms with van der Waals surface area (Å²) in [6.07, 6.45) is 0.321. The lowest BCUT2D eigenvalue weighted by Gasteiger charge is -2.16. The second-order valence-electron chi connectivity index (χ2n) is 5.27. The molecule has 0 aliphatic heterocycles. The molecule has 0 aliphatic rings. The first-order chi connectivity index (χ1) is 9.37. The summed E-state index contributed by atoms with van der Waals surface area (Å²) in [5.74, 6) is 0.971. The van der Waals surface area contributed by atoms with E-state index in [-0.39, 0.29) is 0 Å². The van der Waals surface area contributed by atoms with E-state index in [4.69, 9.17) is 14.6 Å². The number of carboxylic acids is 1. The second-order valence-corrected chi connectivity index (χ2v) is 5.27. The molecule has 6 heteroatoms. The average Bonchev–Trinajstić information content (AvgIpc) is 2.76. The zero-order valence-corrected chi connectivity index (χ0v) is 12.0. The van der Waals surface area contributed by atoms with Gasteiger partial charge in [-0.2, -0.15) is 0 Å². The van der Waals surface area contributed by atoms with Crippen molar-refractivity contribution in [1.82, 2.24) is 9.97 Å². The molecule has 1 aromatic heterocycles. The third-order valence-corrected chi connectivity index (χ3v) is 3.22. The number of methoxy groups -OCH3 is 2. The molecule has 20 heavy (non-hydrogen) atoms. The minimum absolute atomic E-state index is 0.321. The third kappa shape index (κ3) is 2.54. The molecule has 0 saturated heterocycles. The van der Waals surface area contributed by atoms with Crippen LogP contribution in [0.15, 0.2) is 12.1 Å². The van der Waals surface area contributed by atoms with Crippen LogP contribution in [-0.2, 0) is 11.2 Å². The molecule has 1 aromatic carbocycles. The summed E-state index contributed by atoms with van der Waals surface area (Å²) in [4.78, 5) is 18.7. The van der Waals surface area contributed by atoms with Crippen molar-refractivity contribution in [3.8, 4) is 11.5 Å². The zero-order chi connectivity index (χ0) is 14.9. The van der Waals surface area contributed by atoms with Gasteiger partial charge in [-0.1, -0.05) is 0 Å². The standard InChI is InChI=1S/C14H18N2O4/c1-14(2,13(17)18)7-12-15-8-5-10(19-3)11(20-4)6-9(8)16-12/h5-6H,7H2,1-4H3,(H,15,16)(H,17,18). The maximum Gasteiger partial charge on any atom is 0.309 e. The van der Waals surface area contributed by atoms with Crippen LogP contribution in [-0.4, -0.2) is 35.3 Å². The number of benzene rings is 1. The second kappa shape index (κ2) is 5.03. The first-order valence-corrected chi connectivity index (χ1v) is 6.21. The van der Waals surface area contributed by atoms with E-state index in [9.17, 15) is 4.79 Å². The van der Waals surface area contributed by atoms with Gasteiger partial charge >= 0.3 is 5.97 Å². The van der Waals surface area contributed by atoms with Crippen LogP contribution in [0.4, 0.5) is 0 Å². The highest BCUT2D eigenvalue weighted by molar-refractivity contribution is 5.80. The molecule has 0 aliphatic carbocycles. The van der Waals surface area contributed by atoms with Crippen molar-refractivity contribution in [3.63, 3.8) is 0 Å². The highest BCUT2D eigenvalue weighted by Gasteiger charge is 2.28. The van der Waals surface area contributed by atoms with E-state index in [0.717, 1.165) is 11.0 Å². The van der Waals surface area contributed by atoms with E-state index >= 15 is 0 Å². The van der Waals surface area contributed by atoms with Crippen molar-refractivity contribution in [1.29, 1.82) is 0 Å². The lowest BCUT2D eigenvalue weighted by atomic mass is 9.89. The van der Waals surface area contributed by atoms with Gasteiger partial charge in [-0.3, -0.25) is 4.79 Å². The molecule has 0 fully saturated rings. The number of nitrogens with zero attached hydrogens (tertiary/aromatic N) is 1. The van der Waals surface area contributed by atoms with Crippen molar-refractivity contribution in [2.24, 2.45) is 5.41 Å². The molecule has 0 bridgehead atoms. The topological polar surface area (TPSA) is 84.4 Å². The molecule has 1 heterocycles. The Kier molecular flexibility index (Phi) is 3.57. The molecule has 2 rings (SSSR count). The molecule has 6 nitrogen and oxygen atoms in total. The number of carboxylic acid groups (broad SMARTS) is 1. The van der Waals surface area contributed by atoms with E-state index < -0.39 is 11.4 Å². The number of fused-ring (bicyclic) bond motifs is 1. The van der Waals surface area contributed by atoms with E-state index in [1.165, 1.54) is 0 Å². The number of carbonyl (C=O) groups is 1. The van der Waals surface area contributed by atoms with Crippen LogP contribution in [0.25, 0.3) is 11.0 Å². The zero-order valence-electron chi connectivity index (χ0n) is 12.0. The van der Waals surface area contributed by atoms with Crippen molar-refractivity contribution in [2.45, 2.75) is 20.3 Å². The number of aromatic nitrogens is 2. The Labute approximate surface area is 116 Å². The van der Waals surface area contributed by atoms with Crippen LogP contribution in [0.3, 0.4) is 0 Å². The summed E-state index contributed by atoms with van der Waals surface area (Å²) < 4.78 is 10.4. The quantitative estimate of drug-likeness (QED) is 0.876. The SMILES string of the molecule is COc1cc2nc(CC(C)(C)C(=O)O)[nH]c2cc1OC.